The van der Waals surface area contributed by atoms with E-state index >= 15 is 0 Å². The Kier molecular flexibility index (Phi) is 5.28. The molecule has 0 aromatic carbocycles. The van der Waals surface area contributed by atoms with Gasteiger partial charge in [0.2, 0.25) is 0 Å². The van der Waals surface area contributed by atoms with Crippen LogP contribution in [-0.4, -0.2) is 29.2 Å². The van der Waals surface area contributed by atoms with Crippen molar-refractivity contribution in [1.29, 1.82) is 0 Å². The van der Waals surface area contributed by atoms with Gasteiger partial charge < -0.3 is 9.64 Å². The SMILES string of the molecule is C=C[C@H](C)OC(=O)N(C(C)C)C(C)C. The van der Waals surface area contributed by atoms with Crippen molar-refractivity contribution >= 4 is 6.09 Å². The smallest absolute Gasteiger partial charge is 0.410 e. The molecule has 0 aromatic heterocycles. The van der Waals surface area contributed by atoms with Gasteiger partial charge in [0.15, 0.2) is 0 Å². The highest BCUT2D eigenvalue weighted by Crippen LogP contribution is 2.09. The second-order valence-corrected chi connectivity index (χ2v) is 3.92. The largest absolute Gasteiger partial charge is 0.442 e. The van der Waals surface area contributed by atoms with E-state index < -0.39 is 0 Å². The summed E-state index contributed by atoms with van der Waals surface area (Å²) in [6.07, 6.45) is 1.10. The van der Waals surface area contributed by atoms with E-state index in [0.717, 1.165) is 0 Å². The Bertz CT molecular complexity index is 191. The molecule has 0 heterocycles. The number of carbonyl (C=O) groups excluding carboxylic acids is 1. The Morgan fingerprint density at radius 2 is 1.64 bits per heavy atom. The molecule has 0 unspecified atom stereocenters. The van der Waals surface area contributed by atoms with E-state index in [-0.39, 0.29) is 24.3 Å². The predicted molar refractivity (Wildman–Crippen MR) is 58.3 cm³/mol. The fraction of sp³-hybridized carbons (Fsp3) is 0.727. The highest BCUT2D eigenvalue weighted by atomic mass is 16.6. The molecule has 0 aliphatic heterocycles. The maximum atomic E-state index is 11.7. The molecule has 0 aromatic rings. The second-order valence-electron chi connectivity index (χ2n) is 3.92. The second kappa shape index (κ2) is 5.68. The van der Waals surface area contributed by atoms with Gasteiger partial charge in [-0.1, -0.05) is 12.7 Å². The molecule has 0 aliphatic carbocycles. The van der Waals surface area contributed by atoms with Gasteiger partial charge in [-0.05, 0) is 34.6 Å². The van der Waals surface area contributed by atoms with Crippen molar-refractivity contribution in [1.82, 2.24) is 4.90 Å². The van der Waals surface area contributed by atoms with Gasteiger partial charge in [-0.3, -0.25) is 0 Å². The molecule has 0 bridgehead atoms. The Morgan fingerprint density at radius 3 is 1.93 bits per heavy atom. The van der Waals surface area contributed by atoms with Crippen LogP contribution in [0.2, 0.25) is 0 Å². The fourth-order valence-electron chi connectivity index (χ4n) is 1.29. The van der Waals surface area contributed by atoms with Crippen LogP contribution >= 0.6 is 0 Å². The average molecular weight is 199 g/mol. The van der Waals surface area contributed by atoms with Crippen LogP contribution < -0.4 is 0 Å². The van der Waals surface area contributed by atoms with Gasteiger partial charge in [-0.15, -0.1) is 0 Å². The Balaban J connectivity index is 4.37. The van der Waals surface area contributed by atoms with E-state index in [0.29, 0.717) is 0 Å². The summed E-state index contributed by atoms with van der Waals surface area (Å²) in [6, 6.07) is 0.305. The quantitative estimate of drug-likeness (QED) is 0.651. The van der Waals surface area contributed by atoms with Gasteiger partial charge in [0.25, 0.3) is 0 Å². The monoisotopic (exact) mass is 199 g/mol. The number of hydrogen-bond donors (Lipinski definition) is 0. The first-order chi connectivity index (χ1) is 6.40. The van der Waals surface area contributed by atoms with Gasteiger partial charge in [0.1, 0.15) is 6.10 Å². The number of rotatable bonds is 4. The Hall–Kier alpha value is -0.990. The lowest BCUT2D eigenvalue weighted by Crippen LogP contribution is -2.43. The lowest BCUT2D eigenvalue weighted by molar-refractivity contribution is 0.0654. The van der Waals surface area contributed by atoms with E-state index in [2.05, 4.69) is 6.58 Å². The molecule has 0 aliphatic rings. The molecule has 1 atom stereocenters. The van der Waals surface area contributed by atoms with Gasteiger partial charge in [-0.2, -0.15) is 0 Å². The standard InChI is InChI=1S/C11H21NO2/c1-7-10(6)14-11(13)12(8(2)3)9(4)5/h7-10H,1H2,2-6H3/t10-/m0/s1. The van der Waals surface area contributed by atoms with Gasteiger partial charge in [0, 0.05) is 12.1 Å². The molecular formula is C11H21NO2. The lowest BCUT2D eigenvalue weighted by Gasteiger charge is -2.30. The molecule has 14 heavy (non-hydrogen) atoms. The van der Waals surface area contributed by atoms with Crippen LogP contribution in [0.1, 0.15) is 34.6 Å². The molecule has 82 valence electrons. The summed E-state index contributed by atoms with van der Waals surface area (Å²) in [4.78, 5) is 13.4. The van der Waals surface area contributed by atoms with Crippen molar-refractivity contribution in [2.45, 2.75) is 52.8 Å². The Labute approximate surface area is 86.7 Å². The normalized spacial score (nSPS) is 12.8. The maximum absolute atomic E-state index is 11.7. The van der Waals surface area contributed by atoms with Crippen LogP contribution in [0.4, 0.5) is 4.79 Å². The first-order valence-corrected chi connectivity index (χ1v) is 5.01. The van der Waals surface area contributed by atoms with Crippen molar-refractivity contribution in [2.75, 3.05) is 0 Å². The van der Waals surface area contributed by atoms with E-state index in [1.807, 2.05) is 27.7 Å². The topological polar surface area (TPSA) is 29.5 Å². The summed E-state index contributed by atoms with van der Waals surface area (Å²) < 4.78 is 5.15. The maximum Gasteiger partial charge on any atom is 0.410 e. The molecule has 0 fully saturated rings. The molecule has 0 spiro atoms. The van der Waals surface area contributed by atoms with Crippen LogP contribution in [0.25, 0.3) is 0 Å². The van der Waals surface area contributed by atoms with Crippen molar-refractivity contribution in [3.63, 3.8) is 0 Å². The lowest BCUT2D eigenvalue weighted by atomic mass is 10.2. The predicted octanol–water partition coefficient (Wildman–Crippen LogP) is 2.82. The highest BCUT2D eigenvalue weighted by molar-refractivity contribution is 5.68. The molecule has 0 saturated heterocycles. The minimum Gasteiger partial charge on any atom is -0.442 e. The molecule has 0 saturated carbocycles. The van der Waals surface area contributed by atoms with E-state index in [1.165, 1.54) is 0 Å². The summed E-state index contributed by atoms with van der Waals surface area (Å²) in [5.41, 5.74) is 0. The zero-order valence-electron chi connectivity index (χ0n) is 9.78. The number of carbonyl (C=O) groups is 1. The van der Waals surface area contributed by atoms with Crippen molar-refractivity contribution in [2.24, 2.45) is 0 Å². The first-order valence-electron chi connectivity index (χ1n) is 5.01. The molecule has 0 radical (unpaired) electrons. The van der Waals surface area contributed by atoms with Crippen LogP contribution in [0, 0.1) is 0 Å². The summed E-state index contributed by atoms with van der Waals surface area (Å²) >= 11 is 0. The Morgan fingerprint density at radius 1 is 1.21 bits per heavy atom. The number of nitrogens with zero attached hydrogens (tertiary/aromatic N) is 1. The minimum absolute atomic E-state index is 0.152. The summed E-state index contributed by atoms with van der Waals surface area (Å²) in [5, 5.41) is 0. The third kappa shape index (κ3) is 3.81. The van der Waals surface area contributed by atoms with Crippen LogP contribution in [0.15, 0.2) is 12.7 Å². The van der Waals surface area contributed by atoms with Crippen LogP contribution in [0.5, 0.6) is 0 Å². The van der Waals surface area contributed by atoms with Crippen molar-refractivity contribution in [3.05, 3.63) is 12.7 Å². The van der Waals surface area contributed by atoms with Gasteiger partial charge in [0.05, 0.1) is 0 Å². The van der Waals surface area contributed by atoms with Gasteiger partial charge in [-0.25, -0.2) is 4.79 Å². The number of ether oxygens (including phenoxy) is 1. The molecule has 3 nitrogen and oxygen atoms in total. The minimum atomic E-state index is -0.276. The summed E-state index contributed by atoms with van der Waals surface area (Å²) in [7, 11) is 0. The van der Waals surface area contributed by atoms with Crippen molar-refractivity contribution < 1.29 is 9.53 Å². The zero-order valence-corrected chi connectivity index (χ0v) is 9.78. The average Bonchev–Trinajstić information content (AvgIpc) is 2.02. The fourth-order valence-corrected chi connectivity index (χ4v) is 1.29. The zero-order chi connectivity index (χ0) is 11.3. The van der Waals surface area contributed by atoms with Crippen LogP contribution in [-0.2, 0) is 4.74 Å². The first kappa shape index (κ1) is 13.0. The van der Waals surface area contributed by atoms with Crippen molar-refractivity contribution in [3.8, 4) is 0 Å². The molecule has 3 heteroatoms. The van der Waals surface area contributed by atoms with Crippen LogP contribution in [0.3, 0.4) is 0 Å². The number of amides is 1. The van der Waals surface area contributed by atoms with E-state index in [4.69, 9.17) is 4.74 Å². The molecule has 0 N–H and O–H groups in total. The molecule has 0 rings (SSSR count). The third-order valence-corrected chi connectivity index (χ3v) is 1.94. The number of hydrogen-bond acceptors (Lipinski definition) is 2. The third-order valence-electron chi connectivity index (χ3n) is 1.94. The molecular weight excluding hydrogens is 178 g/mol. The van der Waals surface area contributed by atoms with Gasteiger partial charge >= 0.3 is 6.09 Å². The molecule has 1 amide bonds. The van der Waals surface area contributed by atoms with E-state index in [1.54, 1.807) is 17.9 Å². The summed E-state index contributed by atoms with van der Waals surface area (Å²) in [6.45, 7) is 13.3. The van der Waals surface area contributed by atoms with E-state index in [9.17, 15) is 4.79 Å². The highest BCUT2D eigenvalue weighted by Gasteiger charge is 2.22. The summed E-state index contributed by atoms with van der Waals surface area (Å²) in [5.74, 6) is 0.